The first kappa shape index (κ1) is 29.4. The normalized spacial score (nSPS) is 16.4. The number of hydrogen-bond donors (Lipinski definition) is 2. The molecule has 242 valence electrons. The Hall–Kier alpha value is -5.37. The molecular weight excluding hydrogens is 679 g/mol. The number of rotatable bonds is 4. The number of hydrogen-bond acceptors (Lipinski definition) is 6. The van der Waals surface area contributed by atoms with Gasteiger partial charge in [-0.3, -0.25) is 5.32 Å². The van der Waals surface area contributed by atoms with Gasteiger partial charge in [0.1, 0.15) is 18.2 Å². The number of nitrogens with zero attached hydrogens (tertiary/aromatic N) is 1. The summed E-state index contributed by atoms with van der Waals surface area (Å²) in [7, 11) is 0. The first-order valence-corrected chi connectivity index (χ1v) is 19.6. The summed E-state index contributed by atoms with van der Waals surface area (Å²) in [5.41, 5.74) is 6.03. The molecule has 6 heteroatoms. The lowest BCUT2D eigenvalue weighted by Crippen LogP contribution is -2.44. The molecule has 2 N–H and O–H groups in total. The molecule has 0 fully saturated rings. The standard InChI is InChI=1S/C45H29N3S3/c1-2-10-26(11-3-1)43-46-44(28-20-22-32-30-12-4-6-18-37(30)49-40(32)25-28)48-45(47-43)35-17-9-16-34-36-24-27(21-23-39(36)51-42(34)35)29-14-8-15-33-31-13-5-7-19-38(31)50-41(29)33/h1-25,44-45,48H,(H,46,47). The Labute approximate surface area is 306 Å². The van der Waals surface area contributed by atoms with Crippen LogP contribution in [-0.2, 0) is 0 Å². The Kier molecular flexibility index (Phi) is 6.67. The van der Waals surface area contributed by atoms with Gasteiger partial charge in [-0.25, -0.2) is 4.99 Å². The van der Waals surface area contributed by atoms with Crippen LogP contribution in [0.25, 0.3) is 71.6 Å². The molecule has 10 aromatic rings. The molecule has 1 aliphatic heterocycles. The molecule has 3 aromatic heterocycles. The maximum absolute atomic E-state index is 5.34. The average Bonchev–Trinajstić information content (AvgIpc) is 3.88. The molecule has 0 saturated carbocycles. The Morgan fingerprint density at radius 3 is 1.98 bits per heavy atom. The number of nitrogens with one attached hydrogen (secondary N) is 2. The van der Waals surface area contributed by atoms with Crippen LogP contribution in [0.2, 0.25) is 0 Å². The molecule has 2 atom stereocenters. The second kappa shape index (κ2) is 11.6. The van der Waals surface area contributed by atoms with Crippen LogP contribution >= 0.6 is 34.0 Å². The van der Waals surface area contributed by atoms with Gasteiger partial charge in [0, 0.05) is 71.6 Å². The Morgan fingerprint density at radius 2 is 1.12 bits per heavy atom. The van der Waals surface area contributed by atoms with E-state index >= 15 is 0 Å². The van der Waals surface area contributed by atoms with Crippen LogP contribution in [0.3, 0.4) is 0 Å². The molecule has 7 aromatic carbocycles. The van der Waals surface area contributed by atoms with E-state index in [9.17, 15) is 0 Å². The van der Waals surface area contributed by atoms with Crippen molar-refractivity contribution in [2.75, 3.05) is 0 Å². The minimum Gasteiger partial charge on any atom is -0.350 e. The van der Waals surface area contributed by atoms with Gasteiger partial charge in [-0.15, -0.1) is 34.0 Å². The molecule has 4 heterocycles. The van der Waals surface area contributed by atoms with Crippen LogP contribution in [0.1, 0.15) is 29.0 Å². The molecule has 0 radical (unpaired) electrons. The zero-order valence-corrected chi connectivity index (χ0v) is 29.7. The Morgan fingerprint density at radius 1 is 0.451 bits per heavy atom. The van der Waals surface area contributed by atoms with Gasteiger partial charge in [-0.05, 0) is 47.0 Å². The number of fused-ring (bicyclic) bond motifs is 9. The lowest BCUT2D eigenvalue weighted by molar-refractivity contribution is 0.411. The van der Waals surface area contributed by atoms with Gasteiger partial charge in [0.05, 0.1) is 0 Å². The van der Waals surface area contributed by atoms with E-state index in [2.05, 4.69) is 162 Å². The monoisotopic (exact) mass is 707 g/mol. The molecule has 1 aliphatic rings. The van der Waals surface area contributed by atoms with Crippen LogP contribution in [0, 0.1) is 0 Å². The number of amidine groups is 1. The first-order valence-electron chi connectivity index (χ1n) is 17.2. The van der Waals surface area contributed by atoms with Crippen molar-refractivity contribution in [1.29, 1.82) is 0 Å². The van der Waals surface area contributed by atoms with E-state index in [1.54, 1.807) is 0 Å². The third kappa shape index (κ3) is 4.75. The second-order valence-corrected chi connectivity index (χ2v) is 16.3. The molecule has 2 unspecified atom stereocenters. The minimum atomic E-state index is -0.229. The van der Waals surface area contributed by atoms with Crippen molar-refractivity contribution in [3.05, 3.63) is 168 Å². The molecule has 0 bridgehead atoms. The van der Waals surface area contributed by atoms with Crippen molar-refractivity contribution in [3.63, 3.8) is 0 Å². The maximum Gasteiger partial charge on any atom is 0.131 e. The Balaban J connectivity index is 1.03. The molecular formula is C45H29N3S3. The molecule has 51 heavy (non-hydrogen) atoms. The Bertz CT molecular complexity index is 3000. The highest BCUT2D eigenvalue weighted by Gasteiger charge is 2.28. The summed E-state index contributed by atoms with van der Waals surface area (Å²) < 4.78 is 7.86. The third-order valence-electron chi connectivity index (χ3n) is 10.2. The van der Waals surface area contributed by atoms with E-state index in [-0.39, 0.29) is 12.3 Å². The van der Waals surface area contributed by atoms with Crippen LogP contribution in [0.5, 0.6) is 0 Å². The lowest BCUT2D eigenvalue weighted by Gasteiger charge is -2.32. The van der Waals surface area contributed by atoms with E-state index in [1.165, 1.54) is 82.8 Å². The van der Waals surface area contributed by atoms with Gasteiger partial charge < -0.3 is 5.32 Å². The average molecular weight is 708 g/mol. The zero-order chi connectivity index (χ0) is 33.5. The van der Waals surface area contributed by atoms with Crippen molar-refractivity contribution in [1.82, 2.24) is 10.6 Å². The van der Waals surface area contributed by atoms with Gasteiger partial charge in [0.2, 0.25) is 0 Å². The van der Waals surface area contributed by atoms with Crippen LogP contribution in [0.4, 0.5) is 0 Å². The van der Waals surface area contributed by atoms with E-state index < -0.39 is 0 Å². The minimum absolute atomic E-state index is 0.115. The smallest absolute Gasteiger partial charge is 0.131 e. The predicted octanol–water partition coefficient (Wildman–Crippen LogP) is 12.8. The summed E-state index contributed by atoms with van der Waals surface area (Å²) in [6.45, 7) is 0. The fourth-order valence-corrected chi connectivity index (χ4v) is 11.3. The van der Waals surface area contributed by atoms with Crippen molar-refractivity contribution in [3.8, 4) is 11.1 Å². The summed E-state index contributed by atoms with van der Waals surface area (Å²) in [5, 5.41) is 15.5. The van der Waals surface area contributed by atoms with Crippen LogP contribution in [-0.4, -0.2) is 5.84 Å². The number of aliphatic imine (C=N–C) groups is 1. The molecule has 0 spiro atoms. The largest absolute Gasteiger partial charge is 0.350 e. The van der Waals surface area contributed by atoms with Gasteiger partial charge in [0.25, 0.3) is 0 Å². The van der Waals surface area contributed by atoms with Crippen LogP contribution < -0.4 is 10.6 Å². The topological polar surface area (TPSA) is 36.4 Å². The van der Waals surface area contributed by atoms with Gasteiger partial charge in [-0.1, -0.05) is 121 Å². The zero-order valence-electron chi connectivity index (χ0n) is 27.3. The van der Waals surface area contributed by atoms with Crippen molar-refractivity contribution in [2.45, 2.75) is 12.3 Å². The third-order valence-corrected chi connectivity index (χ3v) is 13.8. The van der Waals surface area contributed by atoms with Crippen molar-refractivity contribution < 1.29 is 0 Å². The fraction of sp³-hybridized carbons (Fsp3) is 0.0444. The molecule has 0 aliphatic carbocycles. The van der Waals surface area contributed by atoms with E-state index in [0.717, 1.165) is 11.4 Å². The molecule has 11 rings (SSSR count). The summed E-state index contributed by atoms with van der Waals surface area (Å²) in [4.78, 5) is 5.34. The fourth-order valence-electron chi connectivity index (χ4n) is 7.73. The summed E-state index contributed by atoms with van der Waals surface area (Å²) >= 11 is 5.61. The first-order chi connectivity index (χ1) is 25.2. The highest BCUT2D eigenvalue weighted by Crippen LogP contribution is 2.44. The van der Waals surface area contributed by atoms with E-state index in [1.807, 2.05) is 34.0 Å². The second-order valence-electron chi connectivity index (χ2n) is 13.2. The van der Waals surface area contributed by atoms with E-state index in [4.69, 9.17) is 4.99 Å². The number of benzene rings is 7. The highest BCUT2D eigenvalue weighted by atomic mass is 32.1. The molecule has 0 amide bonds. The van der Waals surface area contributed by atoms with E-state index in [0.29, 0.717) is 0 Å². The molecule has 3 nitrogen and oxygen atoms in total. The van der Waals surface area contributed by atoms with Crippen molar-refractivity contribution in [2.24, 2.45) is 4.99 Å². The lowest BCUT2D eigenvalue weighted by atomic mass is 10.00. The van der Waals surface area contributed by atoms with Crippen molar-refractivity contribution >= 4 is 100 Å². The SMILES string of the molecule is c1ccc(C2=NC(c3cccc4c3sc3ccc(-c5cccc6c5sc5ccccc56)cc34)NC(c3ccc4c(c3)sc3ccccc34)N2)cc1. The van der Waals surface area contributed by atoms with Gasteiger partial charge >= 0.3 is 0 Å². The quantitative estimate of drug-likeness (QED) is 0.191. The summed E-state index contributed by atoms with van der Waals surface area (Å²) in [6, 6.07) is 55.3. The summed E-state index contributed by atoms with van der Waals surface area (Å²) in [5.74, 6) is 0.901. The number of thiophene rings is 3. The van der Waals surface area contributed by atoms with Crippen LogP contribution in [0.15, 0.2) is 157 Å². The van der Waals surface area contributed by atoms with Gasteiger partial charge in [0.15, 0.2) is 0 Å². The van der Waals surface area contributed by atoms with Gasteiger partial charge in [-0.2, -0.15) is 0 Å². The highest BCUT2D eigenvalue weighted by molar-refractivity contribution is 7.27. The maximum atomic E-state index is 5.34. The molecule has 0 saturated heterocycles. The predicted molar refractivity (Wildman–Crippen MR) is 222 cm³/mol. The summed E-state index contributed by atoms with van der Waals surface area (Å²) in [6.07, 6.45) is -0.344.